The van der Waals surface area contributed by atoms with Crippen LogP contribution in [0.25, 0.3) is 0 Å². The molecule has 1 aliphatic rings. The summed E-state index contributed by atoms with van der Waals surface area (Å²) in [7, 11) is 0. The summed E-state index contributed by atoms with van der Waals surface area (Å²) in [6, 6.07) is 0. The molecule has 1 heterocycles. The minimum atomic E-state index is 0.0182. The van der Waals surface area contributed by atoms with Crippen LogP contribution >= 0.6 is 0 Å². The van der Waals surface area contributed by atoms with Gasteiger partial charge in [0.1, 0.15) is 0 Å². The smallest absolute Gasteiger partial charge is 0.305 e. The Labute approximate surface area is 233 Å². The van der Waals surface area contributed by atoms with Gasteiger partial charge in [-0.05, 0) is 44.4 Å². The minimum Gasteiger partial charge on any atom is -0.465 e. The van der Waals surface area contributed by atoms with Crippen LogP contribution in [0.3, 0.4) is 0 Å². The lowest BCUT2D eigenvalue weighted by Gasteiger charge is -2.12. The van der Waals surface area contributed by atoms with E-state index in [4.69, 9.17) is 4.74 Å². The highest BCUT2D eigenvalue weighted by molar-refractivity contribution is 5.69. The van der Waals surface area contributed by atoms with E-state index in [0.717, 1.165) is 6.42 Å². The fourth-order valence-corrected chi connectivity index (χ4v) is 5.63. The van der Waals surface area contributed by atoms with E-state index in [9.17, 15) is 4.79 Å². The zero-order valence-corrected chi connectivity index (χ0v) is 25.3. The van der Waals surface area contributed by atoms with Gasteiger partial charge in [-0.3, -0.25) is 4.79 Å². The molecule has 0 aliphatic carbocycles. The largest absolute Gasteiger partial charge is 0.465 e. The van der Waals surface area contributed by atoms with Crippen molar-refractivity contribution in [2.75, 3.05) is 6.61 Å². The topological polar surface area (TPSA) is 26.3 Å². The van der Waals surface area contributed by atoms with Crippen LogP contribution in [0, 0.1) is 5.92 Å². The molecule has 0 aromatic carbocycles. The third-order valence-electron chi connectivity index (χ3n) is 8.26. The molecule has 1 atom stereocenters. The van der Waals surface area contributed by atoms with E-state index in [0.29, 0.717) is 18.9 Å². The van der Waals surface area contributed by atoms with Gasteiger partial charge in [0.2, 0.25) is 0 Å². The van der Waals surface area contributed by atoms with Crippen molar-refractivity contribution in [2.24, 2.45) is 5.92 Å². The van der Waals surface area contributed by atoms with Gasteiger partial charge in [-0.15, -0.1) is 0 Å². The fraction of sp³-hybridized carbons (Fsp3) is 0.914. The standard InChI is InChI=1S/C35H66O2/c1-34-31-29-27-25-23-21-19-17-15-13-11-9-7-5-3-2-4-6-8-10-12-14-16-18-20-22-24-26-28-30-32-35(36)37-33-34/h19,21,34H,2-18,20,22-33H2,1H3. The SMILES string of the molecule is CC1CCCCCC=CCCCCCCCCCCCCCCCCCCCCCCCCC(=O)OC1. The van der Waals surface area contributed by atoms with Gasteiger partial charge in [0.05, 0.1) is 6.61 Å². The van der Waals surface area contributed by atoms with Crippen molar-refractivity contribution < 1.29 is 9.53 Å². The highest BCUT2D eigenvalue weighted by Crippen LogP contribution is 2.16. The molecule has 1 unspecified atom stereocenters. The van der Waals surface area contributed by atoms with E-state index in [1.54, 1.807) is 0 Å². The second-order valence-corrected chi connectivity index (χ2v) is 12.2. The molecule has 2 nitrogen and oxygen atoms in total. The highest BCUT2D eigenvalue weighted by Gasteiger charge is 2.07. The van der Waals surface area contributed by atoms with Gasteiger partial charge in [0.25, 0.3) is 0 Å². The molecule has 0 saturated heterocycles. The minimum absolute atomic E-state index is 0.0182. The molecule has 2 heteroatoms. The number of hydrogen-bond donors (Lipinski definition) is 0. The molecule has 1 rings (SSSR count). The van der Waals surface area contributed by atoms with Crippen molar-refractivity contribution in [1.29, 1.82) is 0 Å². The normalized spacial score (nSPS) is 24.8. The van der Waals surface area contributed by atoms with Crippen molar-refractivity contribution in [3.05, 3.63) is 12.2 Å². The lowest BCUT2D eigenvalue weighted by molar-refractivity contribution is -0.145. The van der Waals surface area contributed by atoms with Gasteiger partial charge in [-0.1, -0.05) is 160 Å². The quantitative estimate of drug-likeness (QED) is 0.235. The number of allylic oxidation sites excluding steroid dienone is 2. The third-order valence-corrected chi connectivity index (χ3v) is 8.26. The lowest BCUT2D eigenvalue weighted by Crippen LogP contribution is -2.11. The zero-order chi connectivity index (χ0) is 26.5. The Morgan fingerprint density at radius 3 is 1.22 bits per heavy atom. The summed E-state index contributed by atoms with van der Waals surface area (Å²) in [6.07, 6.45) is 43.6. The summed E-state index contributed by atoms with van der Waals surface area (Å²) >= 11 is 0. The van der Waals surface area contributed by atoms with Gasteiger partial charge in [-0.2, -0.15) is 0 Å². The van der Waals surface area contributed by atoms with Gasteiger partial charge in [-0.25, -0.2) is 0 Å². The number of rotatable bonds is 0. The molecule has 0 radical (unpaired) electrons. The van der Waals surface area contributed by atoms with Crippen molar-refractivity contribution >= 4 is 5.97 Å². The van der Waals surface area contributed by atoms with E-state index in [2.05, 4.69) is 19.1 Å². The molecular formula is C35H66O2. The molecule has 0 bridgehead atoms. The predicted molar refractivity (Wildman–Crippen MR) is 163 cm³/mol. The molecule has 0 aromatic rings. The van der Waals surface area contributed by atoms with Crippen LogP contribution in [0.1, 0.15) is 193 Å². The average Bonchev–Trinajstić information content (AvgIpc) is 2.90. The summed E-state index contributed by atoms with van der Waals surface area (Å²) in [5.74, 6) is 0.511. The molecule has 0 amide bonds. The first-order valence-electron chi connectivity index (χ1n) is 17.1. The van der Waals surface area contributed by atoms with Gasteiger partial charge < -0.3 is 4.74 Å². The zero-order valence-electron chi connectivity index (χ0n) is 25.3. The monoisotopic (exact) mass is 519 g/mol. The number of cyclic esters (lactones) is 1. The average molecular weight is 519 g/mol. The van der Waals surface area contributed by atoms with E-state index >= 15 is 0 Å². The first-order valence-corrected chi connectivity index (χ1v) is 17.1. The van der Waals surface area contributed by atoms with E-state index in [1.807, 2.05) is 0 Å². The Morgan fingerprint density at radius 2 is 0.811 bits per heavy atom. The van der Waals surface area contributed by atoms with Crippen molar-refractivity contribution in [3.63, 3.8) is 0 Å². The first-order chi connectivity index (χ1) is 18.3. The Morgan fingerprint density at radius 1 is 0.486 bits per heavy atom. The molecule has 37 heavy (non-hydrogen) atoms. The molecule has 1 aliphatic heterocycles. The molecule has 0 spiro atoms. The Balaban J connectivity index is 2.14. The van der Waals surface area contributed by atoms with Crippen LogP contribution in [0.2, 0.25) is 0 Å². The van der Waals surface area contributed by atoms with Crippen LogP contribution in [-0.2, 0) is 9.53 Å². The van der Waals surface area contributed by atoms with E-state index < -0.39 is 0 Å². The summed E-state index contributed by atoms with van der Waals surface area (Å²) in [5.41, 5.74) is 0. The second kappa shape index (κ2) is 28.2. The van der Waals surface area contributed by atoms with Crippen molar-refractivity contribution in [2.45, 2.75) is 193 Å². The Kier molecular flexibility index (Phi) is 26.1. The van der Waals surface area contributed by atoms with Crippen LogP contribution in [0.4, 0.5) is 0 Å². The first kappa shape index (κ1) is 34.2. The number of carbonyl (C=O) groups is 1. The van der Waals surface area contributed by atoms with E-state index in [1.165, 1.54) is 173 Å². The summed E-state index contributed by atoms with van der Waals surface area (Å²) < 4.78 is 5.53. The number of esters is 1. The lowest BCUT2D eigenvalue weighted by atomic mass is 10.0. The molecule has 0 saturated carbocycles. The second-order valence-electron chi connectivity index (χ2n) is 12.2. The Bertz CT molecular complexity index is 497. The van der Waals surface area contributed by atoms with Gasteiger partial charge >= 0.3 is 5.97 Å². The highest BCUT2D eigenvalue weighted by atomic mass is 16.5. The van der Waals surface area contributed by atoms with Crippen molar-refractivity contribution in [3.8, 4) is 0 Å². The maximum absolute atomic E-state index is 12.0. The maximum atomic E-state index is 12.0. The molecule has 0 N–H and O–H groups in total. The van der Waals surface area contributed by atoms with E-state index in [-0.39, 0.29) is 5.97 Å². The maximum Gasteiger partial charge on any atom is 0.305 e. The summed E-state index contributed by atoms with van der Waals surface area (Å²) in [5, 5.41) is 0. The molecule has 218 valence electrons. The number of ether oxygens (including phenoxy) is 1. The summed E-state index contributed by atoms with van der Waals surface area (Å²) in [6.45, 7) is 2.84. The molecule has 0 aromatic heterocycles. The predicted octanol–water partition coefficient (Wildman–Crippen LogP) is 12.0. The number of hydrogen-bond acceptors (Lipinski definition) is 2. The van der Waals surface area contributed by atoms with Crippen LogP contribution < -0.4 is 0 Å². The van der Waals surface area contributed by atoms with Gasteiger partial charge in [0, 0.05) is 6.42 Å². The van der Waals surface area contributed by atoms with Crippen LogP contribution in [0.15, 0.2) is 12.2 Å². The molecule has 0 fully saturated rings. The van der Waals surface area contributed by atoms with Crippen molar-refractivity contribution in [1.82, 2.24) is 0 Å². The molecular weight excluding hydrogens is 452 g/mol. The van der Waals surface area contributed by atoms with Crippen LogP contribution in [-0.4, -0.2) is 12.6 Å². The summed E-state index contributed by atoms with van der Waals surface area (Å²) in [4.78, 5) is 12.0. The third kappa shape index (κ3) is 26.6. The van der Waals surface area contributed by atoms with Crippen LogP contribution in [0.5, 0.6) is 0 Å². The fourth-order valence-electron chi connectivity index (χ4n) is 5.63. The number of carbonyl (C=O) groups excluding carboxylic acids is 1. The Hall–Kier alpha value is -0.790. The van der Waals surface area contributed by atoms with Gasteiger partial charge in [0.15, 0.2) is 0 Å².